The smallest absolute Gasteiger partial charge is 0.187 e. The van der Waals surface area contributed by atoms with E-state index in [9.17, 15) is 0 Å². The van der Waals surface area contributed by atoms with Gasteiger partial charge in [0, 0.05) is 6.54 Å². The number of benzene rings is 2. The Morgan fingerprint density at radius 2 is 1.93 bits per heavy atom. The topological polar surface area (TPSA) is 54.9 Å². The molecule has 0 radical (unpaired) electrons. The first-order valence-electron chi connectivity index (χ1n) is 9.00. The number of hydrazone groups is 1. The number of hydrogen-bond acceptors (Lipinski definition) is 4. The molecule has 0 aliphatic carbocycles. The normalized spacial score (nSPS) is 10.8. The minimum absolute atomic E-state index is 0.468. The number of nitrogens with zero attached hydrogens (tertiary/aromatic N) is 1. The molecule has 2 aromatic carbocycles. The van der Waals surface area contributed by atoms with Gasteiger partial charge in [0.15, 0.2) is 16.6 Å². The Labute approximate surface area is 166 Å². The van der Waals surface area contributed by atoms with Crippen LogP contribution in [0.5, 0.6) is 11.5 Å². The minimum Gasteiger partial charge on any atom is -0.493 e. The van der Waals surface area contributed by atoms with Crippen molar-refractivity contribution in [1.29, 1.82) is 0 Å². The summed E-state index contributed by atoms with van der Waals surface area (Å²) < 4.78 is 11.2. The monoisotopic (exact) mass is 385 g/mol. The number of thiocarbonyl (C=S) groups is 1. The van der Waals surface area contributed by atoms with Crippen molar-refractivity contribution in [1.82, 2.24) is 10.7 Å². The SMILES string of the molecule is COc1cc(C=NNC(=S)NCc2ccccc2)ccc1OCCC(C)C. The van der Waals surface area contributed by atoms with Crippen molar-refractivity contribution in [3.05, 3.63) is 59.7 Å². The molecule has 27 heavy (non-hydrogen) atoms. The minimum atomic E-state index is 0.468. The lowest BCUT2D eigenvalue weighted by atomic mass is 10.1. The summed E-state index contributed by atoms with van der Waals surface area (Å²) in [5, 5.41) is 7.75. The molecule has 0 fully saturated rings. The zero-order valence-corrected chi connectivity index (χ0v) is 16.9. The highest BCUT2D eigenvalue weighted by Crippen LogP contribution is 2.27. The molecule has 0 bridgehead atoms. The third-order valence-electron chi connectivity index (χ3n) is 3.82. The third-order valence-corrected chi connectivity index (χ3v) is 4.05. The Kier molecular flexibility index (Phi) is 8.58. The van der Waals surface area contributed by atoms with Gasteiger partial charge < -0.3 is 14.8 Å². The molecule has 144 valence electrons. The average molecular weight is 386 g/mol. The second kappa shape index (κ2) is 11.2. The van der Waals surface area contributed by atoms with E-state index in [-0.39, 0.29) is 0 Å². The molecule has 2 N–H and O–H groups in total. The van der Waals surface area contributed by atoms with Gasteiger partial charge in [-0.1, -0.05) is 44.2 Å². The Hall–Kier alpha value is -2.60. The maximum atomic E-state index is 5.79. The van der Waals surface area contributed by atoms with E-state index >= 15 is 0 Å². The molecule has 0 aromatic heterocycles. The van der Waals surface area contributed by atoms with Crippen LogP contribution in [0.2, 0.25) is 0 Å². The van der Waals surface area contributed by atoms with E-state index in [1.54, 1.807) is 13.3 Å². The van der Waals surface area contributed by atoms with Gasteiger partial charge >= 0.3 is 0 Å². The molecule has 0 spiro atoms. The molecule has 0 atom stereocenters. The Morgan fingerprint density at radius 1 is 1.15 bits per heavy atom. The predicted octanol–water partition coefficient (Wildman–Crippen LogP) is 4.12. The molecule has 2 rings (SSSR count). The highest BCUT2D eigenvalue weighted by Gasteiger charge is 2.05. The number of nitrogens with one attached hydrogen (secondary N) is 2. The van der Waals surface area contributed by atoms with Gasteiger partial charge in [0.1, 0.15) is 0 Å². The second-order valence-electron chi connectivity index (χ2n) is 6.48. The van der Waals surface area contributed by atoms with Crippen molar-refractivity contribution in [2.45, 2.75) is 26.8 Å². The molecular weight excluding hydrogens is 358 g/mol. The van der Waals surface area contributed by atoms with Gasteiger partial charge in [-0.3, -0.25) is 5.43 Å². The van der Waals surface area contributed by atoms with Gasteiger partial charge in [0.05, 0.1) is 19.9 Å². The van der Waals surface area contributed by atoms with Crippen LogP contribution < -0.4 is 20.2 Å². The van der Waals surface area contributed by atoms with Crippen LogP contribution in [0.15, 0.2) is 53.6 Å². The van der Waals surface area contributed by atoms with Crippen LogP contribution in [-0.4, -0.2) is 25.0 Å². The fourth-order valence-corrected chi connectivity index (χ4v) is 2.40. The Bertz CT molecular complexity index is 748. The summed E-state index contributed by atoms with van der Waals surface area (Å²) in [4.78, 5) is 0. The van der Waals surface area contributed by atoms with E-state index in [0.29, 0.717) is 29.9 Å². The molecule has 0 aliphatic rings. The van der Waals surface area contributed by atoms with Crippen LogP contribution in [0.3, 0.4) is 0 Å². The van der Waals surface area contributed by atoms with Gasteiger partial charge in [-0.05, 0) is 53.9 Å². The predicted molar refractivity (Wildman–Crippen MR) is 115 cm³/mol. The highest BCUT2D eigenvalue weighted by atomic mass is 32.1. The summed E-state index contributed by atoms with van der Waals surface area (Å²) in [5.41, 5.74) is 4.86. The number of ether oxygens (including phenoxy) is 2. The van der Waals surface area contributed by atoms with E-state index in [2.05, 4.69) is 29.7 Å². The molecule has 0 aliphatic heterocycles. The summed E-state index contributed by atoms with van der Waals surface area (Å²) >= 11 is 5.23. The quantitative estimate of drug-likeness (QED) is 0.386. The maximum absolute atomic E-state index is 5.79. The summed E-state index contributed by atoms with van der Waals surface area (Å²) in [5.74, 6) is 2.03. The van der Waals surface area contributed by atoms with Crippen LogP contribution in [0.1, 0.15) is 31.4 Å². The molecule has 0 amide bonds. The summed E-state index contributed by atoms with van der Waals surface area (Å²) in [6.07, 6.45) is 2.70. The van der Waals surface area contributed by atoms with Crippen LogP contribution in [0.4, 0.5) is 0 Å². The molecular formula is C21H27N3O2S. The molecule has 0 saturated carbocycles. The van der Waals surface area contributed by atoms with Crippen LogP contribution in [0.25, 0.3) is 0 Å². The summed E-state index contributed by atoms with van der Waals surface area (Å²) in [7, 11) is 1.63. The van der Waals surface area contributed by atoms with Crippen molar-refractivity contribution >= 4 is 23.5 Å². The van der Waals surface area contributed by atoms with Crippen molar-refractivity contribution in [2.75, 3.05) is 13.7 Å². The summed E-state index contributed by atoms with van der Waals surface area (Å²) in [6, 6.07) is 15.8. The lowest BCUT2D eigenvalue weighted by molar-refractivity contribution is 0.273. The molecule has 0 unspecified atom stereocenters. The Balaban J connectivity index is 1.83. The van der Waals surface area contributed by atoms with Gasteiger partial charge in [-0.25, -0.2) is 0 Å². The van der Waals surface area contributed by atoms with E-state index in [1.807, 2.05) is 48.5 Å². The average Bonchev–Trinajstić information content (AvgIpc) is 2.67. The third kappa shape index (κ3) is 7.66. The van der Waals surface area contributed by atoms with Crippen LogP contribution in [0, 0.1) is 5.92 Å². The number of hydrogen-bond donors (Lipinski definition) is 2. The molecule has 5 nitrogen and oxygen atoms in total. The van der Waals surface area contributed by atoms with Gasteiger partial charge in [-0.15, -0.1) is 0 Å². The maximum Gasteiger partial charge on any atom is 0.187 e. The van der Waals surface area contributed by atoms with Crippen molar-refractivity contribution in [2.24, 2.45) is 11.0 Å². The largest absolute Gasteiger partial charge is 0.493 e. The Morgan fingerprint density at radius 3 is 2.63 bits per heavy atom. The number of rotatable bonds is 9. The van der Waals surface area contributed by atoms with Gasteiger partial charge in [0.25, 0.3) is 0 Å². The highest BCUT2D eigenvalue weighted by molar-refractivity contribution is 7.80. The standard InChI is InChI=1S/C21H27N3O2S/c1-16(2)11-12-26-19-10-9-18(13-20(19)25-3)15-23-24-21(27)22-14-17-7-5-4-6-8-17/h4-10,13,15-16H,11-12,14H2,1-3H3,(H2,22,24,27). The molecule has 2 aromatic rings. The van der Waals surface area contributed by atoms with Crippen molar-refractivity contribution in [3.63, 3.8) is 0 Å². The van der Waals surface area contributed by atoms with Gasteiger partial charge in [0.2, 0.25) is 0 Å². The first kappa shape index (κ1) is 20.7. The lowest BCUT2D eigenvalue weighted by Crippen LogP contribution is -2.31. The van der Waals surface area contributed by atoms with E-state index in [4.69, 9.17) is 21.7 Å². The zero-order valence-electron chi connectivity index (χ0n) is 16.1. The second-order valence-corrected chi connectivity index (χ2v) is 6.89. The zero-order chi connectivity index (χ0) is 19.5. The fraction of sp³-hybridized carbons (Fsp3) is 0.333. The lowest BCUT2D eigenvalue weighted by Gasteiger charge is -2.12. The van der Waals surface area contributed by atoms with Crippen LogP contribution >= 0.6 is 12.2 Å². The van der Waals surface area contributed by atoms with E-state index in [0.717, 1.165) is 23.3 Å². The molecule has 0 saturated heterocycles. The van der Waals surface area contributed by atoms with E-state index < -0.39 is 0 Å². The van der Waals surface area contributed by atoms with E-state index in [1.165, 1.54) is 0 Å². The van der Waals surface area contributed by atoms with Gasteiger partial charge in [-0.2, -0.15) is 5.10 Å². The first-order valence-corrected chi connectivity index (χ1v) is 9.41. The number of methoxy groups -OCH3 is 1. The first-order chi connectivity index (χ1) is 13.1. The molecule has 6 heteroatoms. The fourth-order valence-electron chi connectivity index (χ4n) is 2.27. The van der Waals surface area contributed by atoms with Crippen molar-refractivity contribution < 1.29 is 9.47 Å². The summed E-state index contributed by atoms with van der Waals surface area (Å²) in [6.45, 7) is 5.67. The van der Waals surface area contributed by atoms with Crippen LogP contribution in [-0.2, 0) is 6.54 Å². The van der Waals surface area contributed by atoms with Crippen molar-refractivity contribution in [3.8, 4) is 11.5 Å². The molecule has 0 heterocycles.